The van der Waals surface area contributed by atoms with Crippen molar-refractivity contribution >= 4 is 32.5 Å². The van der Waals surface area contributed by atoms with Gasteiger partial charge in [0, 0.05) is 34.6 Å². The van der Waals surface area contributed by atoms with Gasteiger partial charge in [0.2, 0.25) is 0 Å². The Morgan fingerprint density at radius 2 is 1.81 bits per heavy atom. The molecule has 1 aliphatic heterocycles. The van der Waals surface area contributed by atoms with Crippen LogP contribution in [0.2, 0.25) is 0 Å². The number of benzene rings is 1. The van der Waals surface area contributed by atoms with Gasteiger partial charge in [-0.25, -0.2) is 0 Å². The zero-order valence-electron chi connectivity index (χ0n) is 12.3. The predicted octanol–water partition coefficient (Wildman–Crippen LogP) is 5.16. The molecule has 0 bridgehead atoms. The zero-order valence-corrected chi connectivity index (χ0v) is 13.9. The quantitative estimate of drug-likeness (QED) is 0.710. The summed E-state index contributed by atoms with van der Waals surface area (Å²) in [6, 6.07) is 8.70. The molecule has 4 rings (SSSR count). The Balaban J connectivity index is 1.61. The lowest BCUT2D eigenvalue weighted by Gasteiger charge is -2.51. The summed E-state index contributed by atoms with van der Waals surface area (Å²) in [7, 11) is 0. The second-order valence-electron chi connectivity index (χ2n) is 6.77. The molecule has 0 atom stereocenters. The van der Waals surface area contributed by atoms with Crippen LogP contribution in [0.5, 0.6) is 0 Å². The molecule has 1 saturated carbocycles. The van der Waals surface area contributed by atoms with Gasteiger partial charge in [0.1, 0.15) is 0 Å². The van der Waals surface area contributed by atoms with Gasteiger partial charge in [-0.1, -0.05) is 37.8 Å². The second-order valence-corrected chi connectivity index (χ2v) is 7.69. The molecule has 0 radical (unpaired) electrons. The van der Waals surface area contributed by atoms with Crippen LogP contribution in [0.4, 0.5) is 5.69 Å². The second kappa shape index (κ2) is 5.28. The molecule has 1 aromatic heterocycles. The number of nitrogens with zero attached hydrogens (tertiary/aromatic N) is 2. The third kappa shape index (κ3) is 2.46. The molecule has 2 aromatic rings. The van der Waals surface area contributed by atoms with Crippen LogP contribution >= 0.6 is 15.9 Å². The van der Waals surface area contributed by atoms with E-state index < -0.39 is 0 Å². The van der Waals surface area contributed by atoms with Crippen LogP contribution in [0.15, 0.2) is 34.9 Å². The number of hydrogen-bond donors (Lipinski definition) is 0. The maximum Gasteiger partial charge on any atom is 0.0936 e. The van der Waals surface area contributed by atoms with E-state index in [1.807, 2.05) is 6.20 Å². The van der Waals surface area contributed by atoms with Crippen LogP contribution in [0.1, 0.15) is 38.5 Å². The topological polar surface area (TPSA) is 16.1 Å². The van der Waals surface area contributed by atoms with E-state index >= 15 is 0 Å². The number of fused-ring (bicyclic) bond motifs is 1. The SMILES string of the molecule is Brc1cnc2c(N3CC4(CCCCCC4)C3)cccc2c1. The van der Waals surface area contributed by atoms with Gasteiger partial charge >= 0.3 is 0 Å². The van der Waals surface area contributed by atoms with E-state index in [1.54, 1.807) is 0 Å². The highest BCUT2D eigenvalue weighted by Crippen LogP contribution is 2.45. The van der Waals surface area contributed by atoms with Crippen LogP contribution in [0.25, 0.3) is 10.9 Å². The summed E-state index contributed by atoms with van der Waals surface area (Å²) in [5, 5.41) is 1.23. The minimum Gasteiger partial charge on any atom is -0.369 e. The van der Waals surface area contributed by atoms with Crippen LogP contribution in [-0.2, 0) is 0 Å². The van der Waals surface area contributed by atoms with Gasteiger partial charge in [-0.2, -0.15) is 0 Å². The number of rotatable bonds is 1. The largest absolute Gasteiger partial charge is 0.369 e. The van der Waals surface area contributed by atoms with Gasteiger partial charge < -0.3 is 4.90 Å². The summed E-state index contributed by atoms with van der Waals surface area (Å²) in [5.74, 6) is 0. The summed E-state index contributed by atoms with van der Waals surface area (Å²) in [5.41, 5.74) is 3.06. The van der Waals surface area contributed by atoms with Crippen LogP contribution < -0.4 is 4.90 Å². The molecule has 2 aliphatic rings. The molecule has 1 saturated heterocycles. The molecule has 2 heterocycles. The molecule has 1 aliphatic carbocycles. The molecular weight excluding hydrogens is 324 g/mol. The predicted molar refractivity (Wildman–Crippen MR) is 91.8 cm³/mol. The number of para-hydroxylation sites is 1. The average molecular weight is 345 g/mol. The first-order chi connectivity index (χ1) is 10.3. The Kier molecular flexibility index (Phi) is 3.41. The number of anilines is 1. The van der Waals surface area contributed by atoms with E-state index in [4.69, 9.17) is 0 Å². The van der Waals surface area contributed by atoms with Gasteiger partial charge in [-0.05, 0) is 40.9 Å². The van der Waals surface area contributed by atoms with E-state index in [0.29, 0.717) is 5.41 Å². The lowest BCUT2D eigenvalue weighted by atomic mass is 9.73. The van der Waals surface area contributed by atoms with Crippen molar-refractivity contribution in [3.63, 3.8) is 0 Å². The van der Waals surface area contributed by atoms with E-state index in [1.165, 1.54) is 62.7 Å². The highest BCUT2D eigenvalue weighted by molar-refractivity contribution is 9.10. The molecule has 3 heteroatoms. The molecule has 1 aromatic carbocycles. The van der Waals surface area contributed by atoms with Crippen LogP contribution in [0.3, 0.4) is 0 Å². The maximum absolute atomic E-state index is 4.65. The van der Waals surface area contributed by atoms with Crippen molar-refractivity contribution in [2.45, 2.75) is 38.5 Å². The fourth-order valence-corrected chi connectivity index (χ4v) is 4.45. The number of aromatic nitrogens is 1. The van der Waals surface area contributed by atoms with E-state index in [9.17, 15) is 0 Å². The van der Waals surface area contributed by atoms with Crippen LogP contribution in [0, 0.1) is 5.41 Å². The van der Waals surface area contributed by atoms with Crippen molar-refractivity contribution in [2.24, 2.45) is 5.41 Å². The fourth-order valence-electron chi connectivity index (χ4n) is 4.10. The van der Waals surface area contributed by atoms with E-state index in [-0.39, 0.29) is 0 Å². The highest BCUT2D eigenvalue weighted by atomic mass is 79.9. The zero-order chi connectivity index (χ0) is 14.3. The summed E-state index contributed by atoms with van der Waals surface area (Å²) >= 11 is 3.52. The first kappa shape index (κ1) is 13.6. The Labute approximate surface area is 134 Å². The van der Waals surface area contributed by atoms with Crippen LogP contribution in [-0.4, -0.2) is 18.1 Å². The van der Waals surface area contributed by atoms with E-state index in [0.717, 1.165) is 9.99 Å². The standard InChI is InChI=1S/C18H21BrN2/c19-15-10-14-6-5-7-16(17(14)20-11-15)21-12-18(13-21)8-3-1-2-4-9-18/h5-7,10-11H,1-4,8-9,12-13H2. The number of pyridine rings is 1. The van der Waals surface area contributed by atoms with Gasteiger partial charge in [0.05, 0.1) is 11.2 Å². The molecule has 1 spiro atoms. The molecule has 0 unspecified atom stereocenters. The minimum absolute atomic E-state index is 0.605. The molecule has 2 nitrogen and oxygen atoms in total. The van der Waals surface area contributed by atoms with Crippen molar-refractivity contribution in [1.29, 1.82) is 0 Å². The summed E-state index contributed by atoms with van der Waals surface area (Å²) in [6.07, 6.45) is 10.5. The van der Waals surface area contributed by atoms with Gasteiger partial charge in [0.25, 0.3) is 0 Å². The molecule has 2 fully saturated rings. The molecule has 21 heavy (non-hydrogen) atoms. The molecular formula is C18H21BrN2. The van der Waals surface area contributed by atoms with E-state index in [2.05, 4.69) is 50.1 Å². The average Bonchev–Trinajstić information content (AvgIpc) is 2.70. The molecule has 0 N–H and O–H groups in total. The first-order valence-corrected chi connectivity index (χ1v) is 8.84. The summed E-state index contributed by atoms with van der Waals surface area (Å²) in [4.78, 5) is 7.18. The number of halogens is 1. The minimum atomic E-state index is 0.605. The Bertz CT molecular complexity index is 651. The monoisotopic (exact) mass is 344 g/mol. The third-order valence-electron chi connectivity index (χ3n) is 5.21. The molecule has 110 valence electrons. The van der Waals surface area contributed by atoms with Crippen molar-refractivity contribution in [1.82, 2.24) is 4.98 Å². The highest BCUT2D eigenvalue weighted by Gasteiger charge is 2.43. The summed E-state index contributed by atoms with van der Waals surface area (Å²) < 4.78 is 1.05. The Morgan fingerprint density at radius 1 is 1.05 bits per heavy atom. The Morgan fingerprint density at radius 3 is 2.57 bits per heavy atom. The lowest BCUT2D eigenvalue weighted by molar-refractivity contribution is 0.181. The van der Waals surface area contributed by atoms with Crippen molar-refractivity contribution in [3.8, 4) is 0 Å². The first-order valence-electron chi connectivity index (χ1n) is 8.05. The molecule has 0 amide bonds. The summed E-state index contributed by atoms with van der Waals surface area (Å²) in [6.45, 7) is 2.45. The number of hydrogen-bond acceptors (Lipinski definition) is 2. The van der Waals surface area contributed by atoms with Crippen molar-refractivity contribution in [3.05, 3.63) is 34.9 Å². The smallest absolute Gasteiger partial charge is 0.0936 e. The van der Waals surface area contributed by atoms with Gasteiger partial charge in [0.15, 0.2) is 0 Å². The van der Waals surface area contributed by atoms with Gasteiger partial charge in [-0.15, -0.1) is 0 Å². The fraction of sp³-hybridized carbons (Fsp3) is 0.500. The van der Waals surface area contributed by atoms with Gasteiger partial charge in [-0.3, -0.25) is 4.98 Å². The van der Waals surface area contributed by atoms with Crippen molar-refractivity contribution < 1.29 is 0 Å². The maximum atomic E-state index is 4.65. The lowest BCUT2D eigenvalue weighted by Crippen LogP contribution is -2.56. The normalized spacial score (nSPS) is 21.3. The van der Waals surface area contributed by atoms with Crippen molar-refractivity contribution in [2.75, 3.05) is 18.0 Å². The third-order valence-corrected chi connectivity index (χ3v) is 5.65. The Hall–Kier alpha value is -1.09.